The van der Waals surface area contributed by atoms with Gasteiger partial charge < -0.3 is 9.73 Å². The van der Waals surface area contributed by atoms with Crippen molar-refractivity contribution in [3.05, 3.63) is 83.1 Å². The molecular weight excluding hydrogens is 298 g/mol. The monoisotopic (exact) mass is 311 g/mol. The molecule has 0 saturated carbocycles. The average Bonchev–Trinajstić information content (AvgIpc) is 3.04. The fourth-order valence-electron chi connectivity index (χ4n) is 2.12. The smallest absolute Gasteiger partial charge is 0.287 e. The summed E-state index contributed by atoms with van der Waals surface area (Å²) in [5.41, 5.74) is 1.88. The van der Waals surface area contributed by atoms with Crippen molar-refractivity contribution >= 4 is 17.5 Å². The van der Waals surface area contributed by atoms with E-state index in [0.717, 1.165) is 11.1 Å². The van der Waals surface area contributed by atoms with Gasteiger partial charge in [-0.1, -0.05) is 54.1 Å². The predicted molar refractivity (Wildman–Crippen MR) is 86.8 cm³/mol. The number of nitrogens with one attached hydrogen (secondary N) is 1. The van der Waals surface area contributed by atoms with Gasteiger partial charge in [0.05, 0.1) is 0 Å². The molecule has 22 heavy (non-hydrogen) atoms. The van der Waals surface area contributed by atoms with Crippen LogP contribution in [-0.4, -0.2) is 5.91 Å². The van der Waals surface area contributed by atoms with Crippen molar-refractivity contribution in [2.45, 2.75) is 6.54 Å². The van der Waals surface area contributed by atoms with E-state index in [4.69, 9.17) is 16.0 Å². The molecule has 0 radical (unpaired) electrons. The second-order valence-corrected chi connectivity index (χ2v) is 5.28. The molecule has 3 aromatic rings. The molecule has 1 N–H and O–H groups in total. The van der Waals surface area contributed by atoms with Gasteiger partial charge in [0.2, 0.25) is 0 Å². The predicted octanol–water partition coefficient (Wildman–Crippen LogP) is 4.53. The molecule has 0 aliphatic rings. The standard InChI is InChI=1S/C18H14ClNO2/c19-15-8-4-7-14(11-15)16-9-10-17(22-16)18(21)20-12-13-5-2-1-3-6-13/h1-11H,12H2,(H,20,21). The van der Waals surface area contributed by atoms with E-state index in [9.17, 15) is 4.79 Å². The largest absolute Gasteiger partial charge is 0.451 e. The summed E-state index contributed by atoms with van der Waals surface area (Å²) in [4.78, 5) is 12.1. The maximum Gasteiger partial charge on any atom is 0.287 e. The van der Waals surface area contributed by atoms with Crippen molar-refractivity contribution in [2.24, 2.45) is 0 Å². The highest BCUT2D eigenvalue weighted by Crippen LogP contribution is 2.24. The molecule has 0 aliphatic heterocycles. The molecule has 0 spiro atoms. The Morgan fingerprint density at radius 2 is 1.82 bits per heavy atom. The van der Waals surface area contributed by atoms with Crippen molar-refractivity contribution < 1.29 is 9.21 Å². The van der Waals surface area contributed by atoms with Crippen LogP contribution in [-0.2, 0) is 6.54 Å². The van der Waals surface area contributed by atoms with Gasteiger partial charge in [-0.15, -0.1) is 0 Å². The van der Waals surface area contributed by atoms with Crippen LogP contribution in [0, 0.1) is 0 Å². The Bertz CT molecular complexity index is 781. The van der Waals surface area contributed by atoms with Crippen LogP contribution in [0.15, 0.2) is 71.1 Å². The van der Waals surface area contributed by atoms with Gasteiger partial charge in [-0.2, -0.15) is 0 Å². The number of hydrogen-bond acceptors (Lipinski definition) is 2. The third kappa shape index (κ3) is 3.38. The summed E-state index contributed by atoms with van der Waals surface area (Å²) >= 11 is 5.96. The van der Waals surface area contributed by atoms with E-state index < -0.39 is 0 Å². The number of carbonyl (C=O) groups is 1. The molecule has 2 aromatic carbocycles. The van der Waals surface area contributed by atoms with Crippen molar-refractivity contribution in [1.29, 1.82) is 0 Å². The zero-order valence-electron chi connectivity index (χ0n) is 11.8. The van der Waals surface area contributed by atoms with E-state index in [-0.39, 0.29) is 11.7 Å². The summed E-state index contributed by atoms with van der Waals surface area (Å²) in [6.45, 7) is 0.465. The molecular formula is C18H14ClNO2. The lowest BCUT2D eigenvalue weighted by Gasteiger charge is -2.03. The maximum atomic E-state index is 12.1. The number of benzene rings is 2. The molecule has 0 fully saturated rings. The summed E-state index contributed by atoms with van der Waals surface area (Å²) in [7, 11) is 0. The molecule has 0 saturated heterocycles. The molecule has 1 heterocycles. The molecule has 0 aliphatic carbocycles. The highest BCUT2D eigenvalue weighted by Gasteiger charge is 2.12. The van der Waals surface area contributed by atoms with Crippen LogP contribution in [0.25, 0.3) is 11.3 Å². The van der Waals surface area contributed by atoms with Gasteiger partial charge in [-0.25, -0.2) is 0 Å². The molecule has 110 valence electrons. The fraction of sp³-hybridized carbons (Fsp3) is 0.0556. The van der Waals surface area contributed by atoms with E-state index in [1.165, 1.54) is 0 Å². The van der Waals surface area contributed by atoms with Crippen molar-refractivity contribution in [3.8, 4) is 11.3 Å². The van der Waals surface area contributed by atoms with E-state index in [2.05, 4.69) is 5.32 Å². The number of amides is 1. The van der Waals surface area contributed by atoms with E-state index >= 15 is 0 Å². The Kier molecular flexibility index (Phi) is 4.26. The number of halogens is 1. The summed E-state index contributed by atoms with van der Waals surface area (Å²) in [6.07, 6.45) is 0. The minimum Gasteiger partial charge on any atom is -0.451 e. The van der Waals surface area contributed by atoms with Crippen LogP contribution in [0.5, 0.6) is 0 Å². The van der Waals surface area contributed by atoms with Gasteiger partial charge in [0.15, 0.2) is 5.76 Å². The third-order valence-electron chi connectivity index (χ3n) is 3.23. The van der Waals surface area contributed by atoms with E-state index in [1.807, 2.05) is 42.5 Å². The third-order valence-corrected chi connectivity index (χ3v) is 3.47. The SMILES string of the molecule is O=C(NCc1ccccc1)c1ccc(-c2cccc(Cl)c2)o1. The first kappa shape index (κ1) is 14.4. The van der Waals surface area contributed by atoms with Gasteiger partial charge >= 0.3 is 0 Å². The second-order valence-electron chi connectivity index (χ2n) is 4.84. The van der Waals surface area contributed by atoms with E-state index in [0.29, 0.717) is 17.3 Å². The normalized spacial score (nSPS) is 10.4. The topological polar surface area (TPSA) is 42.2 Å². The Balaban J connectivity index is 1.69. The van der Waals surface area contributed by atoms with Gasteiger partial charge in [0.1, 0.15) is 5.76 Å². The van der Waals surface area contributed by atoms with Crippen LogP contribution < -0.4 is 5.32 Å². The summed E-state index contributed by atoms with van der Waals surface area (Å²) in [5, 5.41) is 3.46. The second kappa shape index (κ2) is 6.50. The van der Waals surface area contributed by atoms with Crippen LogP contribution in [0.4, 0.5) is 0 Å². The Hall–Kier alpha value is -2.52. The molecule has 0 atom stereocenters. The summed E-state index contributed by atoms with van der Waals surface area (Å²) in [5.74, 6) is 0.662. The molecule has 0 unspecified atom stereocenters. The molecule has 1 aromatic heterocycles. The Morgan fingerprint density at radius 1 is 1.00 bits per heavy atom. The van der Waals surface area contributed by atoms with E-state index in [1.54, 1.807) is 24.3 Å². The first-order valence-corrected chi connectivity index (χ1v) is 7.28. The van der Waals surface area contributed by atoms with Crippen molar-refractivity contribution in [3.63, 3.8) is 0 Å². The lowest BCUT2D eigenvalue weighted by Crippen LogP contribution is -2.22. The lowest BCUT2D eigenvalue weighted by atomic mass is 10.2. The number of rotatable bonds is 4. The number of hydrogen-bond donors (Lipinski definition) is 1. The fourth-order valence-corrected chi connectivity index (χ4v) is 2.31. The summed E-state index contributed by atoms with van der Waals surface area (Å²) in [6, 6.07) is 20.5. The molecule has 3 rings (SSSR count). The van der Waals surface area contributed by atoms with Crippen LogP contribution in [0.1, 0.15) is 16.1 Å². The molecule has 4 heteroatoms. The quantitative estimate of drug-likeness (QED) is 0.769. The minimum absolute atomic E-state index is 0.239. The number of carbonyl (C=O) groups excluding carboxylic acids is 1. The molecule has 1 amide bonds. The van der Waals surface area contributed by atoms with Crippen molar-refractivity contribution in [2.75, 3.05) is 0 Å². The van der Waals surface area contributed by atoms with Gasteiger partial charge in [0.25, 0.3) is 5.91 Å². The Morgan fingerprint density at radius 3 is 2.59 bits per heavy atom. The highest BCUT2D eigenvalue weighted by atomic mass is 35.5. The van der Waals surface area contributed by atoms with Gasteiger partial charge in [-0.05, 0) is 29.8 Å². The molecule has 3 nitrogen and oxygen atoms in total. The average molecular weight is 312 g/mol. The highest BCUT2D eigenvalue weighted by molar-refractivity contribution is 6.30. The van der Waals surface area contributed by atoms with Crippen LogP contribution >= 0.6 is 11.6 Å². The zero-order valence-corrected chi connectivity index (χ0v) is 12.5. The zero-order chi connectivity index (χ0) is 15.4. The first-order valence-electron chi connectivity index (χ1n) is 6.90. The maximum absolute atomic E-state index is 12.1. The summed E-state index contributed by atoms with van der Waals surface area (Å²) < 4.78 is 5.60. The first-order chi connectivity index (χ1) is 10.7. The van der Waals surface area contributed by atoms with Crippen LogP contribution in [0.2, 0.25) is 5.02 Å². The Labute approximate surface area is 133 Å². The van der Waals surface area contributed by atoms with Crippen molar-refractivity contribution in [1.82, 2.24) is 5.32 Å². The van der Waals surface area contributed by atoms with Crippen LogP contribution in [0.3, 0.4) is 0 Å². The minimum atomic E-state index is -0.239. The lowest BCUT2D eigenvalue weighted by molar-refractivity contribution is 0.0924. The van der Waals surface area contributed by atoms with Gasteiger partial charge in [-0.3, -0.25) is 4.79 Å². The van der Waals surface area contributed by atoms with Gasteiger partial charge in [0, 0.05) is 17.1 Å². The number of furan rings is 1. The molecule has 0 bridgehead atoms.